The van der Waals surface area contributed by atoms with E-state index in [4.69, 9.17) is 20.8 Å². The quantitative estimate of drug-likeness (QED) is 0.903. The molecule has 4 heteroatoms. The first-order chi connectivity index (χ1) is 9.28. The number of hydrogen-bond donors (Lipinski definition) is 1. The van der Waals surface area contributed by atoms with Gasteiger partial charge in [-0.25, -0.2) is 0 Å². The van der Waals surface area contributed by atoms with Crippen LogP contribution in [0.2, 0.25) is 5.22 Å². The molecule has 1 unspecified atom stereocenters. The zero-order valence-corrected chi connectivity index (χ0v) is 11.5. The van der Waals surface area contributed by atoms with E-state index < -0.39 is 0 Å². The smallest absolute Gasteiger partial charge is 0.198 e. The van der Waals surface area contributed by atoms with E-state index in [1.54, 1.807) is 6.26 Å². The molecule has 3 rings (SSSR count). The number of nitrogens with one attached hydrogen (secondary N) is 1. The Balaban J connectivity index is 1.88. The number of furan rings is 1. The fraction of sp³-hybridized carbons (Fsp3) is 0.333. The summed E-state index contributed by atoms with van der Waals surface area (Å²) in [6.45, 7) is 0. The van der Waals surface area contributed by atoms with Gasteiger partial charge in [0.1, 0.15) is 5.75 Å². The second kappa shape index (κ2) is 5.27. The SMILES string of the molecule is CNC(c1cccc(OC2CC2)c1)c1ccoc1Cl. The molecular weight excluding hydrogens is 262 g/mol. The minimum atomic E-state index is 0.00834. The van der Waals surface area contributed by atoms with E-state index in [9.17, 15) is 0 Å². The van der Waals surface area contributed by atoms with Crippen LogP contribution in [0.4, 0.5) is 0 Å². The second-order valence-corrected chi connectivity index (χ2v) is 5.10. The molecule has 1 aliphatic carbocycles. The lowest BCUT2D eigenvalue weighted by molar-refractivity contribution is 0.302. The van der Waals surface area contributed by atoms with Crippen LogP contribution in [-0.4, -0.2) is 13.2 Å². The van der Waals surface area contributed by atoms with Gasteiger partial charge in [-0.3, -0.25) is 0 Å². The van der Waals surface area contributed by atoms with Gasteiger partial charge >= 0.3 is 0 Å². The van der Waals surface area contributed by atoms with Crippen LogP contribution in [0, 0.1) is 0 Å². The Hall–Kier alpha value is -1.45. The molecule has 0 radical (unpaired) electrons. The molecule has 0 aliphatic heterocycles. The van der Waals surface area contributed by atoms with Crippen molar-refractivity contribution in [1.82, 2.24) is 5.32 Å². The average Bonchev–Trinajstić information content (AvgIpc) is 3.13. The first-order valence-electron chi connectivity index (χ1n) is 6.44. The van der Waals surface area contributed by atoms with Crippen molar-refractivity contribution in [2.45, 2.75) is 25.0 Å². The largest absolute Gasteiger partial charge is 0.490 e. The van der Waals surface area contributed by atoms with E-state index in [1.165, 1.54) is 0 Å². The maximum Gasteiger partial charge on any atom is 0.198 e. The van der Waals surface area contributed by atoms with Gasteiger partial charge in [-0.2, -0.15) is 0 Å². The molecule has 1 atom stereocenters. The monoisotopic (exact) mass is 277 g/mol. The van der Waals surface area contributed by atoms with E-state index in [0.717, 1.165) is 29.7 Å². The first-order valence-corrected chi connectivity index (χ1v) is 6.82. The molecular formula is C15H16ClNO2. The Labute approximate surface area is 117 Å². The normalized spacial score (nSPS) is 16.3. The van der Waals surface area contributed by atoms with Crippen LogP contribution in [0.3, 0.4) is 0 Å². The summed E-state index contributed by atoms with van der Waals surface area (Å²) in [5.41, 5.74) is 2.05. The summed E-state index contributed by atoms with van der Waals surface area (Å²) in [5.74, 6) is 0.917. The lowest BCUT2D eigenvalue weighted by atomic mass is 10.0. The summed E-state index contributed by atoms with van der Waals surface area (Å²) >= 11 is 6.06. The van der Waals surface area contributed by atoms with Gasteiger partial charge in [0.2, 0.25) is 0 Å². The fourth-order valence-electron chi connectivity index (χ4n) is 2.16. The minimum absolute atomic E-state index is 0.00834. The lowest BCUT2D eigenvalue weighted by Gasteiger charge is -2.16. The van der Waals surface area contributed by atoms with Gasteiger partial charge in [0.25, 0.3) is 0 Å². The summed E-state index contributed by atoms with van der Waals surface area (Å²) < 4.78 is 11.0. The zero-order valence-electron chi connectivity index (χ0n) is 10.7. The van der Waals surface area contributed by atoms with E-state index >= 15 is 0 Å². The maximum atomic E-state index is 6.06. The summed E-state index contributed by atoms with van der Waals surface area (Å²) in [7, 11) is 1.91. The number of ether oxygens (including phenoxy) is 1. The third kappa shape index (κ3) is 2.77. The van der Waals surface area contributed by atoms with Gasteiger partial charge in [-0.05, 0) is 55.3 Å². The van der Waals surface area contributed by atoms with Crippen molar-refractivity contribution in [2.75, 3.05) is 7.05 Å². The Morgan fingerprint density at radius 2 is 2.21 bits per heavy atom. The maximum absolute atomic E-state index is 6.06. The summed E-state index contributed by atoms with van der Waals surface area (Å²) in [5, 5.41) is 3.68. The summed E-state index contributed by atoms with van der Waals surface area (Å²) in [4.78, 5) is 0. The predicted molar refractivity (Wildman–Crippen MR) is 74.7 cm³/mol. The number of halogens is 1. The molecule has 0 amide bonds. The van der Waals surface area contributed by atoms with Gasteiger partial charge in [0.05, 0.1) is 18.4 Å². The molecule has 1 N–H and O–H groups in total. The van der Waals surface area contributed by atoms with Gasteiger partial charge in [0.15, 0.2) is 5.22 Å². The van der Waals surface area contributed by atoms with Crippen LogP contribution in [0.25, 0.3) is 0 Å². The Kier molecular flexibility index (Phi) is 3.49. The number of rotatable bonds is 5. The van der Waals surface area contributed by atoms with E-state index in [-0.39, 0.29) is 6.04 Å². The molecule has 0 bridgehead atoms. The van der Waals surface area contributed by atoms with Gasteiger partial charge in [-0.1, -0.05) is 12.1 Å². The molecule has 0 saturated heterocycles. The molecule has 1 aliphatic rings. The number of benzene rings is 1. The zero-order chi connectivity index (χ0) is 13.2. The average molecular weight is 278 g/mol. The van der Waals surface area contributed by atoms with E-state index in [0.29, 0.717) is 11.3 Å². The molecule has 1 heterocycles. The topological polar surface area (TPSA) is 34.4 Å². The van der Waals surface area contributed by atoms with Crippen molar-refractivity contribution in [3.05, 3.63) is 52.9 Å². The van der Waals surface area contributed by atoms with Crippen LogP contribution < -0.4 is 10.1 Å². The van der Waals surface area contributed by atoms with Gasteiger partial charge in [0, 0.05) is 5.56 Å². The van der Waals surface area contributed by atoms with Crippen molar-refractivity contribution in [1.29, 1.82) is 0 Å². The van der Waals surface area contributed by atoms with Crippen molar-refractivity contribution in [3.63, 3.8) is 0 Å². The Bertz CT molecular complexity index is 563. The van der Waals surface area contributed by atoms with Crippen molar-refractivity contribution < 1.29 is 9.15 Å². The molecule has 3 nitrogen and oxygen atoms in total. The van der Waals surface area contributed by atoms with Crippen molar-refractivity contribution in [3.8, 4) is 5.75 Å². The minimum Gasteiger partial charge on any atom is -0.490 e. The summed E-state index contributed by atoms with van der Waals surface area (Å²) in [6.07, 6.45) is 4.33. The van der Waals surface area contributed by atoms with Crippen LogP contribution in [0.1, 0.15) is 30.0 Å². The third-order valence-corrected chi connectivity index (χ3v) is 3.57. The molecule has 2 aromatic rings. The van der Waals surface area contributed by atoms with Crippen molar-refractivity contribution >= 4 is 11.6 Å². The molecule has 1 saturated carbocycles. The highest BCUT2D eigenvalue weighted by Gasteiger charge is 2.24. The standard InChI is InChI=1S/C15H16ClNO2/c1-17-14(13-7-8-18-15(13)16)10-3-2-4-12(9-10)19-11-5-6-11/h2-4,7-9,11,14,17H,5-6H2,1H3. The molecule has 19 heavy (non-hydrogen) atoms. The molecule has 1 aromatic carbocycles. The third-order valence-electron chi connectivity index (χ3n) is 3.26. The van der Waals surface area contributed by atoms with E-state index in [2.05, 4.69) is 17.4 Å². The Morgan fingerprint density at radius 3 is 2.84 bits per heavy atom. The fourth-order valence-corrected chi connectivity index (χ4v) is 2.38. The highest BCUT2D eigenvalue weighted by Crippen LogP contribution is 2.32. The van der Waals surface area contributed by atoms with Gasteiger partial charge < -0.3 is 14.5 Å². The van der Waals surface area contributed by atoms with E-state index in [1.807, 2.05) is 25.2 Å². The Morgan fingerprint density at radius 1 is 1.37 bits per heavy atom. The van der Waals surface area contributed by atoms with Gasteiger partial charge in [-0.15, -0.1) is 0 Å². The molecule has 1 fully saturated rings. The molecule has 100 valence electrons. The van der Waals surface area contributed by atoms with Crippen LogP contribution in [-0.2, 0) is 0 Å². The van der Waals surface area contributed by atoms with Crippen LogP contribution >= 0.6 is 11.6 Å². The van der Waals surface area contributed by atoms with Crippen LogP contribution in [0.5, 0.6) is 5.75 Å². The first kappa shape index (κ1) is 12.6. The second-order valence-electron chi connectivity index (χ2n) is 4.76. The molecule has 1 aromatic heterocycles. The van der Waals surface area contributed by atoms with Crippen LogP contribution in [0.15, 0.2) is 41.0 Å². The predicted octanol–water partition coefficient (Wildman–Crippen LogP) is 3.78. The lowest BCUT2D eigenvalue weighted by Crippen LogP contribution is -2.17. The highest BCUT2D eigenvalue weighted by atomic mass is 35.5. The molecule has 0 spiro atoms. The van der Waals surface area contributed by atoms with Crippen molar-refractivity contribution in [2.24, 2.45) is 0 Å². The highest BCUT2D eigenvalue weighted by molar-refractivity contribution is 6.29. The summed E-state index contributed by atoms with van der Waals surface area (Å²) in [6, 6.07) is 10.0. The number of hydrogen-bond acceptors (Lipinski definition) is 3.